The van der Waals surface area contributed by atoms with Gasteiger partial charge in [0, 0.05) is 18.4 Å². The molecule has 1 aliphatic heterocycles. The number of ether oxygens (including phenoxy) is 1. The van der Waals surface area contributed by atoms with E-state index in [1.54, 1.807) is 11.3 Å². The highest BCUT2D eigenvalue weighted by Crippen LogP contribution is 2.53. The zero-order valence-corrected chi connectivity index (χ0v) is 23.0. The maximum absolute atomic E-state index is 13.4. The zero-order chi connectivity index (χ0) is 26.8. The molecule has 0 spiro atoms. The number of carbonyl (C=O) groups is 1. The second-order valence-electron chi connectivity index (χ2n) is 11.4. The fraction of sp³-hybridized carbons (Fsp3) is 0.355. The third-order valence-electron chi connectivity index (χ3n) is 8.49. The zero-order valence-electron chi connectivity index (χ0n) is 22.2. The molecule has 3 atom stereocenters. The summed E-state index contributed by atoms with van der Waals surface area (Å²) in [5.74, 6) is 0.425. The van der Waals surface area contributed by atoms with Gasteiger partial charge in [-0.15, -0.1) is 16.4 Å². The van der Waals surface area contributed by atoms with E-state index in [1.165, 1.54) is 0 Å². The molecule has 8 nitrogen and oxygen atoms in total. The summed E-state index contributed by atoms with van der Waals surface area (Å²) < 4.78 is 12.0. The van der Waals surface area contributed by atoms with Crippen molar-refractivity contribution in [3.05, 3.63) is 82.4 Å². The number of fused-ring (bicyclic) bond motifs is 2. The number of benzene rings is 2. The Balaban J connectivity index is 1.13. The van der Waals surface area contributed by atoms with Gasteiger partial charge in [-0.05, 0) is 47.6 Å². The molecule has 3 heterocycles. The lowest BCUT2D eigenvalue weighted by atomic mass is 9.94. The molecular weight excluding hydrogens is 522 g/mol. The normalized spacial score (nSPS) is 24.5. The van der Waals surface area contributed by atoms with Gasteiger partial charge in [-0.3, -0.25) is 4.79 Å². The predicted octanol–water partition coefficient (Wildman–Crippen LogP) is 5.26. The average Bonchev–Trinajstić information content (AvgIpc) is 3.84. The first kappa shape index (κ1) is 24.0. The minimum absolute atomic E-state index is 0.0458. The SMILES string of the molecule is CC1(c2nc(-c3nnc(N[C@H]4C=C(c5ccccc5)c5ccccc5CC4=O)o3)c(N3CCO[C@H]4C[C@H]43)s2)CC1. The molecule has 2 aromatic carbocycles. The van der Waals surface area contributed by atoms with E-state index in [0.29, 0.717) is 31.1 Å². The molecular formula is C31H29N5O3S. The second-order valence-corrected chi connectivity index (χ2v) is 12.4. The number of rotatable bonds is 6. The first-order valence-electron chi connectivity index (χ1n) is 13.9. The van der Waals surface area contributed by atoms with Crippen molar-refractivity contribution in [1.29, 1.82) is 0 Å². The lowest BCUT2D eigenvalue weighted by Gasteiger charge is -2.27. The van der Waals surface area contributed by atoms with Crippen LogP contribution >= 0.6 is 11.3 Å². The van der Waals surface area contributed by atoms with Crippen LogP contribution in [0.2, 0.25) is 0 Å². The summed E-state index contributed by atoms with van der Waals surface area (Å²) in [6.45, 7) is 3.81. The molecule has 1 N–H and O–H groups in total. The Morgan fingerprint density at radius 3 is 2.75 bits per heavy atom. The van der Waals surface area contributed by atoms with E-state index in [4.69, 9.17) is 14.1 Å². The van der Waals surface area contributed by atoms with Crippen LogP contribution in [0.4, 0.5) is 11.0 Å². The third kappa shape index (κ3) is 4.15. The molecule has 40 heavy (non-hydrogen) atoms. The smallest absolute Gasteiger partial charge is 0.316 e. The van der Waals surface area contributed by atoms with Crippen molar-refractivity contribution < 1.29 is 13.9 Å². The number of anilines is 2. The molecule has 8 rings (SSSR count). The number of ketones is 1. The molecule has 2 aromatic heterocycles. The molecule has 2 saturated carbocycles. The van der Waals surface area contributed by atoms with Crippen LogP contribution in [0.5, 0.6) is 0 Å². The number of carbonyl (C=O) groups excluding carboxylic acids is 1. The predicted molar refractivity (Wildman–Crippen MR) is 154 cm³/mol. The molecule has 4 aromatic rings. The Morgan fingerprint density at radius 1 is 1.07 bits per heavy atom. The molecule has 4 aliphatic rings. The van der Waals surface area contributed by atoms with E-state index in [9.17, 15) is 4.79 Å². The van der Waals surface area contributed by atoms with Crippen molar-refractivity contribution in [2.45, 2.75) is 56.2 Å². The van der Waals surface area contributed by atoms with E-state index in [0.717, 1.165) is 63.8 Å². The summed E-state index contributed by atoms with van der Waals surface area (Å²) in [7, 11) is 0. The Kier molecular flexibility index (Phi) is 5.47. The molecule has 202 valence electrons. The minimum atomic E-state index is -0.613. The van der Waals surface area contributed by atoms with Crippen molar-refractivity contribution in [2.75, 3.05) is 23.4 Å². The fourth-order valence-corrected chi connectivity index (χ4v) is 7.12. The lowest BCUT2D eigenvalue weighted by molar-refractivity contribution is -0.118. The number of hydrogen-bond donors (Lipinski definition) is 1. The highest BCUT2D eigenvalue weighted by molar-refractivity contribution is 7.16. The first-order chi connectivity index (χ1) is 19.6. The summed E-state index contributed by atoms with van der Waals surface area (Å²) in [6.07, 6.45) is 5.94. The van der Waals surface area contributed by atoms with Crippen LogP contribution in [0.15, 0.2) is 65.1 Å². The van der Waals surface area contributed by atoms with Crippen molar-refractivity contribution in [2.24, 2.45) is 0 Å². The van der Waals surface area contributed by atoms with Gasteiger partial charge in [-0.2, -0.15) is 0 Å². The van der Waals surface area contributed by atoms with Crippen LogP contribution in [0.3, 0.4) is 0 Å². The van der Waals surface area contributed by atoms with Gasteiger partial charge in [0.2, 0.25) is 0 Å². The average molecular weight is 552 g/mol. The maximum atomic E-state index is 13.4. The van der Waals surface area contributed by atoms with Gasteiger partial charge >= 0.3 is 6.01 Å². The number of nitrogens with one attached hydrogen (secondary N) is 1. The molecule has 3 aliphatic carbocycles. The van der Waals surface area contributed by atoms with Crippen LogP contribution in [0.1, 0.15) is 47.9 Å². The van der Waals surface area contributed by atoms with E-state index in [2.05, 4.69) is 45.5 Å². The molecule has 0 amide bonds. The van der Waals surface area contributed by atoms with Gasteiger partial charge in [-0.25, -0.2) is 4.98 Å². The van der Waals surface area contributed by atoms with Crippen molar-refractivity contribution in [1.82, 2.24) is 15.2 Å². The number of morpholine rings is 1. The van der Waals surface area contributed by atoms with Gasteiger partial charge < -0.3 is 19.4 Å². The largest absolute Gasteiger partial charge is 0.402 e. The van der Waals surface area contributed by atoms with Gasteiger partial charge in [0.1, 0.15) is 16.1 Å². The summed E-state index contributed by atoms with van der Waals surface area (Å²) >= 11 is 1.75. The summed E-state index contributed by atoms with van der Waals surface area (Å²) in [4.78, 5) is 20.9. The topological polar surface area (TPSA) is 93.4 Å². The van der Waals surface area contributed by atoms with Gasteiger partial charge in [0.15, 0.2) is 11.5 Å². The molecule has 9 heteroatoms. The monoisotopic (exact) mass is 551 g/mol. The Labute approximate surface area is 236 Å². The number of Topliss-reactive ketones (excluding diaryl/α,β-unsaturated/α-hetero) is 1. The van der Waals surface area contributed by atoms with Crippen molar-refractivity contribution >= 4 is 33.7 Å². The minimum Gasteiger partial charge on any atom is -0.402 e. The van der Waals surface area contributed by atoms with E-state index >= 15 is 0 Å². The third-order valence-corrected chi connectivity index (χ3v) is 9.89. The Morgan fingerprint density at radius 2 is 1.90 bits per heavy atom. The van der Waals surface area contributed by atoms with Crippen LogP contribution in [-0.4, -0.2) is 52.3 Å². The summed E-state index contributed by atoms with van der Waals surface area (Å²) in [5, 5.41) is 14.2. The standard InChI is InChI=1S/C31H29N5O3S/c1-31(11-12-31)29-33-26(28(40-29)36-13-14-38-25-17-23(25)36)27-34-35-30(39-27)32-22-16-21(18-7-3-2-4-8-18)20-10-6-5-9-19(20)15-24(22)37/h2-10,16,22-23,25H,11-15,17H2,1H3,(H,32,35)/t22-,23+,25-/m0/s1. The summed E-state index contributed by atoms with van der Waals surface area (Å²) in [5.41, 5.74) is 5.01. The highest BCUT2D eigenvalue weighted by Gasteiger charge is 2.49. The number of aromatic nitrogens is 3. The van der Waals surface area contributed by atoms with Crippen molar-refractivity contribution in [3.63, 3.8) is 0 Å². The second kappa shape index (κ2) is 9.11. The quantitative estimate of drug-likeness (QED) is 0.347. The Bertz CT molecular complexity index is 1640. The van der Waals surface area contributed by atoms with Gasteiger partial charge in [-0.1, -0.05) is 66.6 Å². The van der Waals surface area contributed by atoms with E-state index in [-0.39, 0.29) is 17.2 Å². The van der Waals surface area contributed by atoms with Crippen LogP contribution in [-0.2, 0) is 21.4 Å². The molecule has 1 saturated heterocycles. The molecule has 3 fully saturated rings. The van der Waals surface area contributed by atoms with Crippen LogP contribution in [0, 0.1) is 0 Å². The summed E-state index contributed by atoms with van der Waals surface area (Å²) in [6, 6.07) is 18.2. The highest BCUT2D eigenvalue weighted by atomic mass is 32.1. The maximum Gasteiger partial charge on any atom is 0.316 e. The lowest BCUT2D eigenvalue weighted by Crippen LogP contribution is -2.36. The molecule has 0 bridgehead atoms. The van der Waals surface area contributed by atoms with Gasteiger partial charge in [0.05, 0.1) is 18.8 Å². The first-order valence-corrected chi connectivity index (χ1v) is 14.8. The van der Waals surface area contributed by atoms with Crippen molar-refractivity contribution in [3.8, 4) is 11.6 Å². The van der Waals surface area contributed by atoms with Gasteiger partial charge in [0.25, 0.3) is 5.89 Å². The molecule has 0 unspecified atom stereocenters. The number of nitrogens with zero attached hydrogens (tertiary/aromatic N) is 4. The number of thiazole rings is 1. The van der Waals surface area contributed by atoms with E-state index < -0.39 is 6.04 Å². The van der Waals surface area contributed by atoms with Crippen LogP contribution in [0.25, 0.3) is 17.2 Å². The van der Waals surface area contributed by atoms with E-state index in [1.807, 2.05) is 42.5 Å². The fourth-order valence-electron chi connectivity index (χ4n) is 5.78. The number of hydrogen-bond acceptors (Lipinski definition) is 9. The molecule has 0 radical (unpaired) electrons. The van der Waals surface area contributed by atoms with Crippen LogP contribution < -0.4 is 10.2 Å². The Hall–Kier alpha value is -3.82.